The lowest BCUT2D eigenvalue weighted by Crippen LogP contribution is -1.93. The van der Waals surface area contributed by atoms with Crippen molar-refractivity contribution < 1.29 is 9.90 Å². The first-order valence-electron chi connectivity index (χ1n) is 8.77. The summed E-state index contributed by atoms with van der Waals surface area (Å²) in [4.78, 5) is 10.5. The first kappa shape index (κ1) is 20.5. The Morgan fingerprint density at radius 1 is 0.810 bits per heavy atom. The Labute approximate surface area is 136 Å². The summed E-state index contributed by atoms with van der Waals surface area (Å²) >= 11 is 5.53. The molecule has 1 N–H and O–H groups in total. The van der Waals surface area contributed by atoms with E-state index in [2.05, 4.69) is 6.92 Å². The molecule has 0 atom stereocenters. The van der Waals surface area contributed by atoms with E-state index >= 15 is 0 Å². The van der Waals surface area contributed by atoms with E-state index in [1.54, 1.807) is 6.08 Å². The third kappa shape index (κ3) is 15.7. The van der Waals surface area contributed by atoms with E-state index in [0.717, 1.165) is 12.8 Å². The maximum absolute atomic E-state index is 10.5. The van der Waals surface area contributed by atoms with Crippen LogP contribution in [0, 0.1) is 0 Å². The molecule has 0 unspecified atom stereocenters. The van der Waals surface area contributed by atoms with E-state index < -0.39 is 5.97 Å². The van der Waals surface area contributed by atoms with Gasteiger partial charge in [0.1, 0.15) is 5.03 Å². The minimum absolute atomic E-state index is 0.0473. The molecule has 0 saturated heterocycles. The number of aliphatic carboxylic acids is 1. The number of halogens is 1. The first-order valence-corrected chi connectivity index (χ1v) is 9.15. The lowest BCUT2D eigenvalue weighted by Gasteiger charge is -2.02. The van der Waals surface area contributed by atoms with Crippen molar-refractivity contribution in [2.75, 3.05) is 0 Å². The van der Waals surface area contributed by atoms with Gasteiger partial charge in [-0.15, -0.1) is 0 Å². The van der Waals surface area contributed by atoms with Crippen molar-refractivity contribution in [2.24, 2.45) is 0 Å². The van der Waals surface area contributed by atoms with Crippen molar-refractivity contribution in [3.05, 3.63) is 11.1 Å². The summed E-state index contributed by atoms with van der Waals surface area (Å²) < 4.78 is 0. The molecule has 0 saturated carbocycles. The molecule has 0 aromatic rings. The summed E-state index contributed by atoms with van der Waals surface area (Å²) in [6.45, 7) is 2.26. The molecule has 0 fully saturated rings. The van der Waals surface area contributed by atoms with Crippen molar-refractivity contribution in [3.8, 4) is 0 Å². The normalized spacial score (nSPS) is 11.8. The van der Waals surface area contributed by atoms with Gasteiger partial charge < -0.3 is 5.11 Å². The molecule has 0 aliphatic rings. The minimum Gasteiger partial charge on any atom is -0.477 e. The predicted octanol–water partition coefficient (Wildman–Crippen LogP) is 6.68. The Morgan fingerprint density at radius 3 is 1.57 bits per heavy atom. The van der Waals surface area contributed by atoms with E-state index in [1.807, 2.05) is 0 Å². The van der Waals surface area contributed by atoms with Gasteiger partial charge in [0.15, 0.2) is 0 Å². The molecule has 0 aliphatic heterocycles. The van der Waals surface area contributed by atoms with Crippen LogP contribution in [0.2, 0.25) is 0 Å². The van der Waals surface area contributed by atoms with Crippen molar-refractivity contribution in [1.29, 1.82) is 0 Å². The fourth-order valence-electron chi connectivity index (χ4n) is 2.48. The van der Waals surface area contributed by atoms with Crippen molar-refractivity contribution in [3.63, 3.8) is 0 Å². The standard InChI is InChI=1S/C18H33ClO2/c1-2-3-4-5-6-7-8-9-10-11-12-13-14-15-16-17(19)18(20)21/h16H,2-15H2,1H3,(H,20,21). The van der Waals surface area contributed by atoms with Crippen LogP contribution in [0.4, 0.5) is 0 Å². The number of carboxylic acid groups (broad SMARTS) is 1. The zero-order chi connectivity index (χ0) is 15.8. The zero-order valence-electron chi connectivity index (χ0n) is 13.7. The van der Waals surface area contributed by atoms with Gasteiger partial charge in [-0.25, -0.2) is 4.79 Å². The Balaban J connectivity index is 3.12. The minimum atomic E-state index is -1.02. The molecule has 3 heteroatoms. The molecule has 2 nitrogen and oxygen atoms in total. The third-order valence-corrected chi connectivity index (χ3v) is 4.15. The second-order valence-electron chi connectivity index (χ2n) is 5.89. The molecule has 0 amide bonds. The number of hydrogen-bond donors (Lipinski definition) is 1. The van der Waals surface area contributed by atoms with Crippen LogP contribution in [0.1, 0.15) is 96.8 Å². The van der Waals surface area contributed by atoms with E-state index in [1.165, 1.54) is 77.0 Å². The van der Waals surface area contributed by atoms with Crippen molar-refractivity contribution >= 4 is 17.6 Å². The number of carboxylic acids is 1. The quantitative estimate of drug-likeness (QED) is 0.270. The highest BCUT2D eigenvalue weighted by molar-refractivity contribution is 6.40. The van der Waals surface area contributed by atoms with Crippen LogP contribution in [-0.2, 0) is 4.79 Å². The van der Waals surface area contributed by atoms with Gasteiger partial charge in [-0.2, -0.15) is 0 Å². The van der Waals surface area contributed by atoms with E-state index in [4.69, 9.17) is 16.7 Å². The SMILES string of the molecule is CCCCCCCCCCCCCCCC=C(Cl)C(=O)O. The Morgan fingerprint density at radius 2 is 1.19 bits per heavy atom. The molecule has 0 radical (unpaired) electrons. The van der Waals surface area contributed by atoms with Gasteiger partial charge >= 0.3 is 5.97 Å². The van der Waals surface area contributed by atoms with Gasteiger partial charge in [-0.1, -0.05) is 102 Å². The van der Waals surface area contributed by atoms with Crippen LogP contribution in [0.3, 0.4) is 0 Å². The fraction of sp³-hybridized carbons (Fsp3) is 0.833. The molecule has 0 aromatic heterocycles. The van der Waals surface area contributed by atoms with E-state index in [-0.39, 0.29) is 5.03 Å². The average molecular weight is 317 g/mol. The molecule has 0 rings (SSSR count). The number of rotatable bonds is 15. The van der Waals surface area contributed by atoms with Gasteiger partial charge in [0.2, 0.25) is 0 Å². The predicted molar refractivity (Wildman–Crippen MR) is 91.9 cm³/mol. The van der Waals surface area contributed by atoms with Crippen LogP contribution in [0.15, 0.2) is 11.1 Å². The number of hydrogen-bond acceptors (Lipinski definition) is 1. The van der Waals surface area contributed by atoms with Crippen molar-refractivity contribution in [1.82, 2.24) is 0 Å². The molecule has 0 spiro atoms. The summed E-state index contributed by atoms with van der Waals surface area (Å²) in [6, 6.07) is 0. The van der Waals surface area contributed by atoms with Gasteiger partial charge in [0.05, 0.1) is 0 Å². The summed E-state index contributed by atoms with van der Waals surface area (Å²) in [5.74, 6) is -1.02. The number of carbonyl (C=O) groups is 1. The smallest absolute Gasteiger partial charge is 0.346 e. The fourth-order valence-corrected chi connectivity index (χ4v) is 2.59. The van der Waals surface area contributed by atoms with Crippen molar-refractivity contribution in [2.45, 2.75) is 96.8 Å². The summed E-state index contributed by atoms with van der Waals surface area (Å²) in [7, 11) is 0. The summed E-state index contributed by atoms with van der Waals surface area (Å²) in [5.41, 5.74) is 0. The zero-order valence-corrected chi connectivity index (χ0v) is 14.5. The summed E-state index contributed by atoms with van der Waals surface area (Å²) in [5, 5.41) is 8.54. The molecular weight excluding hydrogens is 284 g/mol. The van der Waals surface area contributed by atoms with E-state index in [9.17, 15) is 4.79 Å². The van der Waals surface area contributed by atoms with Crippen LogP contribution in [0.5, 0.6) is 0 Å². The molecule has 0 bridgehead atoms. The van der Waals surface area contributed by atoms with Gasteiger partial charge in [-0.3, -0.25) is 0 Å². The Kier molecular flexibility index (Phi) is 15.5. The molecule has 0 aliphatic carbocycles. The monoisotopic (exact) mass is 316 g/mol. The molecule has 0 aromatic carbocycles. The molecule has 124 valence electrons. The van der Waals surface area contributed by atoms with Crippen LogP contribution < -0.4 is 0 Å². The highest BCUT2D eigenvalue weighted by Crippen LogP contribution is 2.13. The van der Waals surface area contributed by atoms with Gasteiger partial charge in [-0.05, 0) is 12.8 Å². The van der Waals surface area contributed by atoms with Gasteiger partial charge in [0, 0.05) is 0 Å². The topological polar surface area (TPSA) is 37.3 Å². The second kappa shape index (κ2) is 15.9. The largest absolute Gasteiger partial charge is 0.477 e. The number of unbranched alkanes of at least 4 members (excludes halogenated alkanes) is 13. The summed E-state index contributed by atoms with van der Waals surface area (Å²) in [6.07, 6.45) is 19.7. The lowest BCUT2D eigenvalue weighted by atomic mass is 10.0. The first-order chi connectivity index (χ1) is 10.2. The molecule has 21 heavy (non-hydrogen) atoms. The lowest BCUT2D eigenvalue weighted by molar-refractivity contribution is -0.131. The Bertz CT molecular complexity index is 274. The highest BCUT2D eigenvalue weighted by Gasteiger charge is 2.00. The maximum atomic E-state index is 10.5. The highest BCUT2D eigenvalue weighted by atomic mass is 35.5. The third-order valence-electron chi connectivity index (χ3n) is 3.84. The van der Waals surface area contributed by atoms with Crippen LogP contribution in [-0.4, -0.2) is 11.1 Å². The van der Waals surface area contributed by atoms with E-state index in [0.29, 0.717) is 0 Å². The molecular formula is C18H33ClO2. The van der Waals surface area contributed by atoms with Gasteiger partial charge in [0.25, 0.3) is 0 Å². The maximum Gasteiger partial charge on any atom is 0.346 e. The molecule has 0 heterocycles. The Hall–Kier alpha value is -0.500. The van der Waals surface area contributed by atoms with Crippen LogP contribution >= 0.6 is 11.6 Å². The second-order valence-corrected chi connectivity index (χ2v) is 6.30. The number of allylic oxidation sites excluding steroid dienone is 1. The van der Waals surface area contributed by atoms with Crippen LogP contribution in [0.25, 0.3) is 0 Å². The average Bonchev–Trinajstić information content (AvgIpc) is 2.47.